The van der Waals surface area contributed by atoms with Crippen molar-refractivity contribution in [3.05, 3.63) is 17.7 Å². The summed E-state index contributed by atoms with van der Waals surface area (Å²) in [6.45, 7) is 1.74. The number of amides is 1. The third-order valence-corrected chi connectivity index (χ3v) is 4.38. The molecule has 1 aromatic rings. The van der Waals surface area contributed by atoms with E-state index in [4.69, 9.17) is 0 Å². The molecule has 1 fully saturated rings. The number of hydrogen-bond donors (Lipinski definition) is 2. The largest absolute Gasteiger partial charge is 0.348 e. The van der Waals surface area contributed by atoms with E-state index < -0.39 is 9.84 Å². The number of carbonyl (C=O) groups excluding carboxylic acids is 1. The van der Waals surface area contributed by atoms with Crippen molar-refractivity contribution in [1.29, 1.82) is 0 Å². The summed E-state index contributed by atoms with van der Waals surface area (Å²) in [5.74, 6) is -0.138. The molecule has 1 saturated heterocycles. The third kappa shape index (κ3) is 2.24. The number of aryl methyl sites for hydroxylation is 1. The van der Waals surface area contributed by atoms with Crippen LogP contribution in [0.1, 0.15) is 22.6 Å². The van der Waals surface area contributed by atoms with Crippen LogP contribution in [-0.2, 0) is 9.84 Å². The third-order valence-electron chi connectivity index (χ3n) is 2.61. The van der Waals surface area contributed by atoms with Gasteiger partial charge in [-0.3, -0.25) is 4.79 Å². The molecular weight excluding hydrogens is 230 g/mol. The van der Waals surface area contributed by atoms with Gasteiger partial charge in [0.05, 0.1) is 17.8 Å². The number of sulfone groups is 1. The Kier molecular flexibility index (Phi) is 2.71. The molecule has 1 unspecified atom stereocenters. The summed E-state index contributed by atoms with van der Waals surface area (Å²) in [6.07, 6.45) is 1.92. The van der Waals surface area contributed by atoms with Crippen LogP contribution in [0.4, 0.5) is 0 Å². The Morgan fingerprint density at radius 1 is 1.62 bits per heavy atom. The van der Waals surface area contributed by atoms with Gasteiger partial charge in [-0.2, -0.15) is 0 Å². The molecule has 0 aliphatic carbocycles. The Morgan fingerprint density at radius 3 is 2.88 bits per heavy atom. The first-order valence-corrected chi connectivity index (χ1v) is 6.81. The van der Waals surface area contributed by atoms with Gasteiger partial charge in [0, 0.05) is 11.7 Å². The van der Waals surface area contributed by atoms with Gasteiger partial charge in [0.2, 0.25) is 0 Å². The van der Waals surface area contributed by atoms with Crippen molar-refractivity contribution in [2.45, 2.75) is 19.4 Å². The number of hydrogen-bond acceptors (Lipinski definition) is 4. The van der Waals surface area contributed by atoms with Gasteiger partial charge in [0.15, 0.2) is 9.84 Å². The second-order valence-corrected chi connectivity index (χ2v) is 6.18. The standard InChI is InChI=1S/C9H13N3O3S/c1-6-8(11-5-10-6)9(13)12-7-2-3-16(14,15)4-7/h5,7H,2-4H2,1H3,(H,10,11)(H,12,13). The van der Waals surface area contributed by atoms with Crippen LogP contribution < -0.4 is 5.32 Å². The van der Waals surface area contributed by atoms with Crippen molar-refractivity contribution >= 4 is 15.7 Å². The summed E-state index contributed by atoms with van der Waals surface area (Å²) in [6, 6.07) is -0.284. The van der Waals surface area contributed by atoms with Crippen LogP contribution in [0.25, 0.3) is 0 Å². The molecule has 1 aliphatic rings. The lowest BCUT2D eigenvalue weighted by atomic mass is 10.2. The average Bonchev–Trinajstić information content (AvgIpc) is 2.72. The SMILES string of the molecule is Cc1[nH]cnc1C(=O)NC1CCS(=O)(=O)C1. The Bertz CT molecular complexity index is 506. The average molecular weight is 243 g/mol. The number of aromatic nitrogens is 2. The number of carbonyl (C=O) groups is 1. The van der Waals surface area contributed by atoms with E-state index in [0.717, 1.165) is 0 Å². The molecule has 1 aromatic heterocycles. The normalized spacial score (nSPS) is 23.2. The molecule has 0 radical (unpaired) electrons. The molecule has 1 atom stereocenters. The molecule has 16 heavy (non-hydrogen) atoms. The molecule has 2 heterocycles. The molecule has 0 aromatic carbocycles. The zero-order valence-corrected chi connectivity index (χ0v) is 9.67. The van der Waals surface area contributed by atoms with E-state index in [9.17, 15) is 13.2 Å². The summed E-state index contributed by atoms with van der Waals surface area (Å²) in [4.78, 5) is 18.4. The van der Waals surface area contributed by atoms with Crippen molar-refractivity contribution < 1.29 is 13.2 Å². The van der Waals surface area contributed by atoms with E-state index >= 15 is 0 Å². The second kappa shape index (κ2) is 3.89. The first-order valence-electron chi connectivity index (χ1n) is 4.99. The molecule has 0 bridgehead atoms. The summed E-state index contributed by atoms with van der Waals surface area (Å²) in [5, 5.41) is 2.68. The first-order chi connectivity index (χ1) is 7.48. The van der Waals surface area contributed by atoms with Gasteiger partial charge in [0.25, 0.3) is 5.91 Å². The van der Waals surface area contributed by atoms with Crippen LogP contribution in [-0.4, -0.2) is 41.8 Å². The molecule has 0 spiro atoms. The molecule has 2 N–H and O–H groups in total. The Balaban J connectivity index is 2.02. The highest BCUT2D eigenvalue weighted by Crippen LogP contribution is 2.12. The summed E-state index contributed by atoms with van der Waals surface area (Å²) in [5.41, 5.74) is 1.00. The lowest BCUT2D eigenvalue weighted by Crippen LogP contribution is -2.36. The summed E-state index contributed by atoms with van der Waals surface area (Å²) < 4.78 is 22.4. The van der Waals surface area contributed by atoms with Crippen LogP contribution >= 0.6 is 0 Å². The monoisotopic (exact) mass is 243 g/mol. The second-order valence-electron chi connectivity index (χ2n) is 3.95. The number of aromatic amines is 1. The van der Waals surface area contributed by atoms with E-state index in [1.165, 1.54) is 6.33 Å². The van der Waals surface area contributed by atoms with Gasteiger partial charge in [0.1, 0.15) is 5.69 Å². The number of rotatable bonds is 2. The zero-order valence-electron chi connectivity index (χ0n) is 8.86. The van der Waals surface area contributed by atoms with Crippen LogP contribution in [0.15, 0.2) is 6.33 Å². The van der Waals surface area contributed by atoms with Crippen molar-refractivity contribution in [3.63, 3.8) is 0 Å². The molecule has 1 aliphatic heterocycles. The van der Waals surface area contributed by atoms with Crippen LogP contribution in [0.2, 0.25) is 0 Å². The van der Waals surface area contributed by atoms with Crippen molar-refractivity contribution in [2.24, 2.45) is 0 Å². The predicted molar refractivity (Wildman–Crippen MR) is 57.8 cm³/mol. The van der Waals surface area contributed by atoms with Crippen molar-refractivity contribution in [3.8, 4) is 0 Å². The maximum atomic E-state index is 11.7. The molecule has 0 saturated carbocycles. The maximum absolute atomic E-state index is 11.7. The lowest BCUT2D eigenvalue weighted by Gasteiger charge is -2.09. The van der Waals surface area contributed by atoms with Gasteiger partial charge >= 0.3 is 0 Å². The summed E-state index contributed by atoms with van der Waals surface area (Å²) in [7, 11) is -2.96. The lowest BCUT2D eigenvalue weighted by molar-refractivity contribution is 0.0936. The quantitative estimate of drug-likeness (QED) is 0.741. The number of nitrogens with one attached hydrogen (secondary N) is 2. The zero-order chi connectivity index (χ0) is 11.8. The minimum atomic E-state index is -2.96. The highest BCUT2D eigenvalue weighted by atomic mass is 32.2. The number of H-pyrrole nitrogens is 1. The first kappa shape index (κ1) is 11.1. The predicted octanol–water partition coefficient (Wildman–Crippen LogP) is -0.365. The van der Waals surface area contributed by atoms with Crippen LogP contribution in [0.5, 0.6) is 0 Å². The van der Waals surface area contributed by atoms with Gasteiger partial charge < -0.3 is 10.3 Å². The Hall–Kier alpha value is -1.37. The molecule has 7 heteroatoms. The molecule has 88 valence electrons. The molecule has 2 rings (SSSR count). The highest BCUT2D eigenvalue weighted by molar-refractivity contribution is 7.91. The molecule has 1 amide bonds. The van der Waals surface area contributed by atoms with E-state index in [0.29, 0.717) is 17.8 Å². The van der Waals surface area contributed by atoms with Gasteiger partial charge in [-0.25, -0.2) is 13.4 Å². The molecular formula is C9H13N3O3S. The van der Waals surface area contributed by atoms with Gasteiger partial charge in [-0.15, -0.1) is 0 Å². The van der Waals surface area contributed by atoms with Crippen molar-refractivity contribution in [1.82, 2.24) is 15.3 Å². The minimum absolute atomic E-state index is 0.0300. The Morgan fingerprint density at radius 2 is 2.38 bits per heavy atom. The van der Waals surface area contributed by atoms with Crippen LogP contribution in [0, 0.1) is 6.92 Å². The highest BCUT2D eigenvalue weighted by Gasteiger charge is 2.29. The fourth-order valence-electron chi connectivity index (χ4n) is 1.75. The molecule has 6 nitrogen and oxygen atoms in total. The Labute approximate surface area is 93.4 Å². The smallest absolute Gasteiger partial charge is 0.271 e. The fourth-order valence-corrected chi connectivity index (χ4v) is 3.42. The minimum Gasteiger partial charge on any atom is -0.348 e. The van der Waals surface area contributed by atoms with E-state index in [1.807, 2.05) is 0 Å². The van der Waals surface area contributed by atoms with E-state index in [2.05, 4.69) is 15.3 Å². The number of nitrogens with zero attached hydrogens (tertiary/aromatic N) is 1. The maximum Gasteiger partial charge on any atom is 0.271 e. The van der Waals surface area contributed by atoms with Crippen molar-refractivity contribution in [2.75, 3.05) is 11.5 Å². The van der Waals surface area contributed by atoms with E-state index in [-0.39, 0.29) is 23.5 Å². The summed E-state index contributed by atoms with van der Waals surface area (Å²) >= 11 is 0. The van der Waals surface area contributed by atoms with Crippen LogP contribution in [0.3, 0.4) is 0 Å². The fraction of sp³-hybridized carbons (Fsp3) is 0.556. The van der Waals surface area contributed by atoms with E-state index in [1.54, 1.807) is 6.92 Å². The van der Waals surface area contributed by atoms with Gasteiger partial charge in [-0.05, 0) is 13.3 Å². The topological polar surface area (TPSA) is 91.9 Å². The van der Waals surface area contributed by atoms with Gasteiger partial charge in [-0.1, -0.05) is 0 Å². The number of imidazole rings is 1.